The van der Waals surface area contributed by atoms with Gasteiger partial charge in [0, 0.05) is 11.1 Å². The molecule has 17 heavy (non-hydrogen) atoms. The number of aliphatic hydroxyl groups is 1. The first-order valence-electron chi connectivity index (χ1n) is 5.29. The molecule has 88 valence electrons. The van der Waals surface area contributed by atoms with Gasteiger partial charge >= 0.3 is 0 Å². The van der Waals surface area contributed by atoms with Gasteiger partial charge in [0.1, 0.15) is 11.6 Å². The number of hydrogen-bond donors (Lipinski definition) is 1. The molecule has 0 aliphatic heterocycles. The molecule has 0 bridgehead atoms. The number of halogens is 1. The third-order valence-electron chi connectivity index (χ3n) is 2.61. The van der Waals surface area contributed by atoms with Crippen molar-refractivity contribution in [1.29, 1.82) is 0 Å². The fourth-order valence-electron chi connectivity index (χ4n) is 1.74. The van der Waals surface area contributed by atoms with Crippen LogP contribution in [0.25, 0.3) is 11.1 Å². The Bertz CT molecular complexity index is 523. The second kappa shape index (κ2) is 4.97. The predicted molar refractivity (Wildman–Crippen MR) is 64.3 cm³/mol. The maximum absolute atomic E-state index is 13.8. The maximum atomic E-state index is 13.8. The summed E-state index contributed by atoms with van der Waals surface area (Å²) in [6, 6.07) is 11.8. The third-order valence-corrected chi connectivity index (χ3v) is 2.61. The highest BCUT2D eigenvalue weighted by Crippen LogP contribution is 2.32. The largest absolute Gasteiger partial charge is 0.496 e. The van der Waals surface area contributed by atoms with Crippen molar-refractivity contribution in [2.45, 2.75) is 6.61 Å². The number of benzene rings is 2. The van der Waals surface area contributed by atoms with Crippen molar-refractivity contribution in [2.75, 3.05) is 7.11 Å². The van der Waals surface area contributed by atoms with Crippen LogP contribution in [0.3, 0.4) is 0 Å². The van der Waals surface area contributed by atoms with Gasteiger partial charge in [-0.3, -0.25) is 0 Å². The molecule has 0 aliphatic rings. The van der Waals surface area contributed by atoms with Crippen LogP contribution in [0.1, 0.15) is 5.56 Å². The Morgan fingerprint density at radius 1 is 1.12 bits per heavy atom. The molecule has 0 amide bonds. The lowest BCUT2D eigenvalue weighted by Crippen LogP contribution is -1.92. The van der Waals surface area contributed by atoms with Crippen molar-refractivity contribution in [3.05, 3.63) is 53.8 Å². The van der Waals surface area contributed by atoms with E-state index in [2.05, 4.69) is 0 Å². The standard InChI is InChI=1S/C14H13FO2/c1-17-14-5-3-2-4-11(14)12-8-10(9-16)6-7-13(12)15/h2-8,16H,9H2,1H3. The molecule has 0 aliphatic carbocycles. The number of methoxy groups -OCH3 is 1. The van der Waals surface area contributed by atoms with Crippen LogP contribution in [0.15, 0.2) is 42.5 Å². The molecule has 0 radical (unpaired) electrons. The highest BCUT2D eigenvalue weighted by molar-refractivity contribution is 5.71. The molecule has 0 atom stereocenters. The van der Waals surface area contributed by atoms with Gasteiger partial charge in [0.05, 0.1) is 13.7 Å². The van der Waals surface area contributed by atoms with Crippen molar-refractivity contribution in [1.82, 2.24) is 0 Å². The highest BCUT2D eigenvalue weighted by atomic mass is 19.1. The van der Waals surface area contributed by atoms with Crippen LogP contribution in [0.2, 0.25) is 0 Å². The van der Waals surface area contributed by atoms with Crippen LogP contribution in [0.5, 0.6) is 5.75 Å². The van der Waals surface area contributed by atoms with Crippen LogP contribution in [-0.4, -0.2) is 12.2 Å². The highest BCUT2D eigenvalue weighted by Gasteiger charge is 2.10. The van der Waals surface area contributed by atoms with E-state index in [1.807, 2.05) is 12.1 Å². The molecular formula is C14H13FO2. The third kappa shape index (κ3) is 2.29. The Morgan fingerprint density at radius 2 is 1.88 bits per heavy atom. The van der Waals surface area contributed by atoms with Gasteiger partial charge in [0.25, 0.3) is 0 Å². The summed E-state index contributed by atoms with van der Waals surface area (Å²) in [6.07, 6.45) is 0. The lowest BCUT2D eigenvalue weighted by Gasteiger charge is -2.10. The molecule has 0 saturated heterocycles. The number of hydrogen-bond acceptors (Lipinski definition) is 2. The van der Waals surface area contributed by atoms with Crippen molar-refractivity contribution < 1.29 is 14.2 Å². The molecular weight excluding hydrogens is 219 g/mol. The molecule has 0 spiro atoms. The Balaban J connectivity index is 2.59. The molecule has 2 aromatic rings. The van der Waals surface area contributed by atoms with Gasteiger partial charge in [0.15, 0.2) is 0 Å². The average molecular weight is 232 g/mol. The van der Waals surface area contributed by atoms with E-state index in [1.54, 1.807) is 31.4 Å². The zero-order valence-electron chi connectivity index (χ0n) is 9.48. The topological polar surface area (TPSA) is 29.5 Å². The molecule has 0 saturated carbocycles. The van der Waals surface area contributed by atoms with Gasteiger partial charge in [-0.05, 0) is 23.8 Å². The average Bonchev–Trinajstić information content (AvgIpc) is 2.39. The quantitative estimate of drug-likeness (QED) is 0.881. The summed E-state index contributed by atoms with van der Waals surface area (Å²) in [7, 11) is 1.55. The number of aliphatic hydroxyl groups excluding tert-OH is 1. The number of para-hydroxylation sites is 1. The Hall–Kier alpha value is -1.87. The molecule has 0 unspecified atom stereocenters. The van der Waals surface area contributed by atoms with Crippen LogP contribution in [0, 0.1) is 5.82 Å². The zero-order valence-corrected chi connectivity index (χ0v) is 9.48. The second-order valence-electron chi connectivity index (χ2n) is 3.67. The Labute approximate surface area is 99.3 Å². The monoisotopic (exact) mass is 232 g/mol. The van der Waals surface area contributed by atoms with Crippen LogP contribution >= 0.6 is 0 Å². The molecule has 2 aromatic carbocycles. The summed E-state index contributed by atoms with van der Waals surface area (Å²) in [5, 5.41) is 9.07. The number of rotatable bonds is 3. The lowest BCUT2D eigenvalue weighted by molar-refractivity contribution is 0.282. The van der Waals surface area contributed by atoms with E-state index in [0.29, 0.717) is 22.4 Å². The minimum absolute atomic E-state index is 0.109. The van der Waals surface area contributed by atoms with Gasteiger partial charge in [0.2, 0.25) is 0 Å². The van der Waals surface area contributed by atoms with Gasteiger partial charge < -0.3 is 9.84 Å². The van der Waals surface area contributed by atoms with Crippen molar-refractivity contribution >= 4 is 0 Å². The first kappa shape index (κ1) is 11.6. The Kier molecular flexibility index (Phi) is 3.40. The minimum atomic E-state index is -0.327. The first-order chi connectivity index (χ1) is 8.26. The summed E-state index contributed by atoms with van der Waals surface area (Å²) in [5.74, 6) is 0.285. The smallest absolute Gasteiger partial charge is 0.131 e. The van der Waals surface area contributed by atoms with E-state index in [9.17, 15) is 4.39 Å². The predicted octanol–water partition coefficient (Wildman–Crippen LogP) is 2.99. The van der Waals surface area contributed by atoms with E-state index < -0.39 is 0 Å². The summed E-state index contributed by atoms with van der Waals surface area (Å²) < 4.78 is 19.0. The summed E-state index contributed by atoms with van der Waals surface area (Å²) in [6.45, 7) is -0.109. The van der Waals surface area contributed by atoms with Crippen molar-refractivity contribution in [3.63, 3.8) is 0 Å². The van der Waals surface area contributed by atoms with Crippen LogP contribution < -0.4 is 4.74 Å². The molecule has 0 heterocycles. The molecule has 1 N–H and O–H groups in total. The van der Waals surface area contributed by atoms with Gasteiger partial charge in [-0.1, -0.05) is 24.3 Å². The summed E-state index contributed by atoms with van der Waals surface area (Å²) in [4.78, 5) is 0. The SMILES string of the molecule is COc1ccccc1-c1cc(CO)ccc1F. The maximum Gasteiger partial charge on any atom is 0.131 e. The minimum Gasteiger partial charge on any atom is -0.496 e. The van der Waals surface area contributed by atoms with Crippen LogP contribution in [0.4, 0.5) is 4.39 Å². The second-order valence-corrected chi connectivity index (χ2v) is 3.67. The van der Waals surface area contributed by atoms with Gasteiger partial charge in [-0.15, -0.1) is 0 Å². The summed E-state index contributed by atoms with van der Waals surface area (Å²) >= 11 is 0. The number of ether oxygens (including phenoxy) is 1. The van der Waals surface area contributed by atoms with E-state index in [0.717, 1.165) is 0 Å². The van der Waals surface area contributed by atoms with E-state index in [1.165, 1.54) is 6.07 Å². The fraction of sp³-hybridized carbons (Fsp3) is 0.143. The van der Waals surface area contributed by atoms with Gasteiger partial charge in [-0.2, -0.15) is 0 Å². The molecule has 0 fully saturated rings. The van der Waals surface area contributed by atoms with Gasteiger partial charge in [-0.25, -0.2) is 4.39 Å². The first-order valence-corrected chi connectivity index (χ1v) is 5.29. The van der Waals surface area contributed by atoms with Crippen LogP contribution in [-0.2, 0) is 6.61 Å². The molecule has 3 heteroatoms. The zero-order chi connectivity index (χ0) is 12.3. The normalized spacial score (nSPS) is 10.3. The Morgan fingerprint density at radius 3 is 2.59 bits per heavy atom. The van der Waals surface area contributed by atoms with Crippen molar-refractivity contribution in [2.24, 2.45) is 0 Å². The molecule has 2 nitrogen and oxygen atoms in total. The van der Waals surface area contributed by atoms with E-state index in [4.69, 9.17) is 9.84 Å². The van der Waals surface area contributed by atoms with E-state index in [-0.39, 0.29) is 12.4 Å². The molecule has 0 aromatic heterocycles. The molecule has 2 rings (SSSR count). The van der Waals surface area contributed by atoms with E-state index >= 15 is 0 Å². The fourth-order valence-corrected chi connectivity index (χ4v) is 1.74. The van der Waals surface area contributed by atoms with Crippen molar-refractivity contribution in [3.8, 4) is 16.9 Å². The summed E-state index contributed by atoms with van der Waals surface area (Å²) in [5.41, 5.74) is 1.80. The lowest BCUT2D eigenvalue weighted by atomic mass is 10.0.